The van der Waals surface area contributed by atoms with Gasteiger partial charge in [0.25, 0.3) is 0 Å². The number of benzene rings is 1. The highest BCUT2D eigenvalue weighted by Crippen LogP contribution is 2.35. The van der Waals surface area contributed by atoms with Crippen molar-refractivity contribution in [3.63, 3.8) is 0 Å². The molecule has 0 amide bonds. The molecule has 0 saturated heterocycles. The molecule has 19 heavy (non-hydrogen) atoms. The molecule has 0 aliphatic rings. The summed E-state index contributed by atoms with van der Waals surface area (Å²) in [5, 5.41) is 18.0. The molecule has 1 heterocycles. The van der Waals surface area contributed by atoms with Crippen molar-refractivity contribution >= 4 is 50.1 Å². The summed E-state index contributed by atoms with van der Waals surface area (Å²) in [4.78, 5) is 13.7. The summed E-state index contributed by atoms with van der Waals surface area (Å²) in [7, 11) is 3.77. The Morgan fingerprint density at radius 2 is 2.16 bits per heavy atom. The molecule has 8 heteroatoms. The van der Waals surface area contributed by atoms with Crippen LogP contribution >= 0.6 is 39.0 Å². The van der Waals surface area contributed by atoms with Gasteiger partial charge in [0.05, 0.1) is 5.56 Å². The molecule has 1 N–H and O–H groups in total. The highest BCUT2D eigenvalue weighted by Gasteiger charge is 2.14. The molecule has 2 rings (SSSR count). The Balaban J connectivity index is 2.31. The highest BCUT2D eigenvalue weighted by atomic mass is 79.9. The van der Waals surface area contributed by atoms with Crippen molar-refractivity contribution in [3.05, 3.63) is 28.2 Å². The Labute approximate surface area is 126 Å². The average Bonchev–Trinajstić information content (AvgIpc) is 2.77. The van der Waals surface area contributed by atoms with E-state index in [1.54, 1.807) is 18.2 Å². The smallest absolute Gasteiger partial charge is 0.336 e. The van der Waals surface area contributed by atoms with Crippen molar-refractivity contribution < 1.29 is 9.90 Å². The van der Waals surface area contributed by atoms with Gasteiger partial charge in [-0.15, -0.1) is 10.2 Å². The third-order valence-electron chi connectivity index (χ3n) is 2.15. The molecule has 0 fully saturated rings. The van der Waals surface area contributed by atoms with Crippen molar-refractivity contribution in [1.82, 2.24) is 10.2 Å². The van der Waals surface area contributed by atoms with Gasteiger partial charge in [-0.05, 0) is 18.2 Å². The molecule has 0 unspecified atom stereocenters. The third kappa shape index (κ3) is 3.46. The zero-order valence-electron chi connectivity index (χ0n) is 10.1. The summed E-state index contributed by atoms with van der Waals surface area (Å²) in [5.74, 6) is -0.952. The van der Waals surface area contributed by atoms with Crippen molar-refractivity contribution in [1.29, 1.82) is 0 Å². The Kier molecular flexibility index (Phi) is 4.43. The van der Waals surface area contributed by atoms with Gasteiger partial charge in [-0.1, -0.05) is 39.0 Å². The first-order chi connectivity index (χ1) is 8.97. The lowest BCUT2D eigenvalue weighted by molar-refractivity contribution is 0.0693. The van der Waals surface area contributed by atoms with Crippen LogP contribution in [0.25, 0.3) is 0 Å². The van der Waals surface area contributed by atoms with E-state index >= 15 is 0 Å². The lowest BCUT2D eigenvalue weighted by atomic mass is 10.2. The second-order valence-electron chi connectivity index (χ2n) is 3.79. The molecular formula is C11H10BrN3O2S2. The molecule has 0 aliphatic carbocycles. The third-order valence-corrected chi connectivity index (χ3v) is 4.84. The zero-order chi connectivity index (χ0) is 14.0. The number of aromatic nitrogens is 2. The molecule has 100 valence electrons. The normalized spacial score (nSPS) is 10.5. The van der Waals surface area contributed by atoms with Gasteiger partial charge in [-0.2, -0.15) is 0 Å². The van der Waals surface area contributed by atoms with Crippen molar-refractivity contribution in [3.8, 4) is 0 Å². The van der Waals surface area contributed by atoms with Gasteiger partial charge in [0, 0.05) is 23.5 Å². The number of anilines is 1. The Bertz CT molecular complexity index is 616. The van der Waals surface area contributed by atoms with Crippen LogP contribution in [0.5, 0.6) is 0 Å². The van der Waals surface area contributed by atoms with Crippen LogP contribution in [0.4, 0.5) is 5.13 Å². The SMILES string of the molecule is CN(C)c1nnc(Sc2cc(Br)ccc2C(=O)O)s1. The lowest BCUT2D eigenvalue weighted by Gasteiger charge is -2.05. The molecule has 2 aromatic rings. The molecule has 0 aliphatic heterocycles. The van der Waals surface area contributed by atoms with Crippen molar-refractivity contribution in [2.45, 2.75) is 9.24 Å². The molecule has 1 aromatic carbocycles. The van der Waals surface area contributed by atoms with Gasteiger partial charge in [0.2, 0.25) is 5.13 Å². The van der Waals surface area contributed by atoms with Crippen LogP contribution in [0.2, 0.25) is 0 Å². The molecule has 0 bridgehead atoms. The van der Waals surface area contributed by atoms with E-state index in [2.05, 4.69) is 26.1 Å². The van der Waals surface area contributed by atoms with E-state index in [0.29, 0.717) is 9.24 Å². The van der Waals surface area contributed by atoms with Crippen LogP contribution in [-0.4, -0.2) is 35.4 Å². The van der Waals surface area contributed by atoms with Crippen LogP contribution in [0, 0.1) is 0 Å². The summed E-state index contributed by atoms with van der Waals surface area (Å²) in [6.07, 6.45) is 0. The molecule has 0 atom stereocenters. The minimum atomic E-state index is -0.952. The van der Waals surface area contributed by atoms with E-state index < -0.39 is 5.97 Å². The average molecular weight is 360 g/mol. The first kappa shape index (κ1) is 14.3. The topological polar surface area (TPSA) is 66.3 Å². The second-order valence-corrected chi connectivity index (χ2v) is 6.95. The number of halogens is 1. The van der Waals surface area contributed by atoms with Crippen LogP contribution in [-0.2, 0) is 0 Å². The monoisotopic (exact) mass is 359 g/mol. The summed E-state index contributed by atoms with van der Waals surface area (Å²) >= 11 is 6.06. The standard InChI is InChI=1S/C11H10BrN3O2S2/c1-15(2)10-13-14-11(19-10)18-8-5-6(12)3-4-7(8)9(16)17/h3-5H,1-2H3,(H,16,17). The van der Waals surface area contributed by atoms with Crippen LogP contribution in [0.15, 0.2) is 31.9 Å². The first-order valence-electron chi connectivity index (χ1n) is 5.19. The lowest BCUT2D eigenvalue weighted by Crippen LogP contribution is -2.07. The van der Waals surface area contributed by atoms with Gasteiger partial charge >= 0.3 is 5.97 Å². The zero-order valence-corrected chi connectivity index (χ0v) is 13.3. The number of hydrogen-bond acceptors (Lipinski definition) is 6. The Hall–Kier alpha value is -1.12. The largest absolute Gasteiger partial charge is 0.478 e. The van der Waals surface area contributed by atoms with E-state index in [0.717, 1.165) is 9.60 Å². The van der Waals surface area contributed by atoms with Gasteiger partial charge in [-0.3, -0.25) is 0 Å². The van der Waals surface area contributed by atoms with E-state index in [1.807, 2.05) is 19.0 Å². The van der Waals surface area contributed by atoms with Gasteiger partial charge < -0.3 is 10.0 Å². The number of carboxylic acids is 1. The summed E-state index contributed by atoms with van der Waals surface area (Å²) in [5.41, 5.74) is 0.259. The maximum atomic E-state index is 11.2. The van der Waals surface area contributed by atoms with E-state index in [-0.39, 0.29) is 5.56 Å². The van der Waals surface area contributed by atoms with Gasteiger partial charge in [-0.25, -0.2) is 4.79 Å². The fourth-order valence-electron chi connectivity index (χ4n) is 1.28. The summed E-state index contributed by atoms with van der Waals surface area (Å²) in [6.45, 7) is 0. The first-order valence-corrected chi connectivity index (χ1v) is 7.61. The number of carbonyl (C=O) groups is 1. The predicted octanol–water partition coefficient (Wildman–Crippen LogP) is 3.22. The van der Waals surface area contributed by atoms with Crippen molar-refractivity contribution in [2.75, 3.05) is 19.0 Å². The second kappa shape index (κ2) is 5.89. The summed E-state index contributed by atoms with van der Waals surface area (Å²) in [6, 6.07) is 5.05. The highest BCUT2D eigenvalue weighted by molar-refractivity contribution is 9.10. The number of aromatic carboxylic acids is 1. The molecule has 1 aromatic heterocycles. The summed E-state index contributed by atoms with van der Waals surface area (Å²) < 4.78 is 1.54. The van der Waals surface area contributed by atoms with Crippen LogP contribution in [0.3, 0.4) is 0 Å². The molecule has 0 radical (unpaired) electrons. The Morgan fingerprint density at radius 3 is 2.74 bits per heavy atom. The number of carboxylic acid groups (broad SMARTS) is 1. The van der Waals surface area contributed by atoms with Crippen LogP contribution in [0.1, 0.15) is 10.4 Å². The quantitative estimate of drug-likeness (QED) is 0.903. The minimum Gasteiger partial charge on any atom is -0.478 e. The fourth-order valence-corrected chi connectivity index (χ4v) is 3.67. The Morgan fingerprint density at radius 1 is 1.42 bits per heavy atom. The van der Waals surface area contributed by atoms with E-state index in [9.17, 15) is 4.79 Å². The number of rotatable bonds is 4. The fraction of sp³-hybridized carbons (Fsp3) is 0.182. The van der Waals surface area contributed by atoms with E-state index in [4.69, 9.17) is 5.11 Å². The predicted molar refractivity (Wildman–Crippen MR) is 79.5 cm³/mol. The maximum Gasteiger partial charge on any atom is 0.336 e. The van der Waals surface area contributed by atoms with Crippen molar-refractivity contribution in [2.24, 2.45) is 0 Å². The molecule has 0 spiro atoms. The number of nitrogens with zero attached hydrogens (tertiary/aromatic N) is 3. The minimum absolute atomic E-state index is 0.259. The van der Waals surface area contributed by atoms with Crippen LogP contribution < -0.4 is 4.90 Å². The maximum absolute atomic E-state index is 11.2. The van der Waals surface area contributed by atoms with Gasteiger partial charge in [0.15, 0.2) is 4.34 Å². The molecular weight excluding hydrogens is 350 g/mol. The van der Waals surface area contributed by atoms with E-state index in [1.165, 1.54) is 23.1 Å². The molecule has 0 saturated carbocycles. The van der Waals surface area contributed by atoms with Gasteiger partial charge in [0.1, 0.15) is 0 Å². The number of hydrogen-bond donors (Lipinski definition) is 1. The molecule has 5 nitrogen and oxygen atoms in total.